The highest BCUT2D eigenvalue weighted by Gasteiger charge is 2.43. The fraction of sp³-hybridized carbons (Fsp3) is 0.583. The normalized spacial score (nSPS) is 26.1. The number of phosphoric ester groups is 1. The van der Waals surface area contributed by atoms with Gasteiger partial charge in [-0.2, -0.15) is 8.62 Å². The number of imidazole rings is 1. The minimum absolute atomic E-state index is 0.272. The summed E-state index contributed by atoms with van der Waals surface area (Å²) in [5.74, 6) is 0. The number of aromatic nitrogens is 4. The number of phosphoric acid groups is 3. The van der Waals surface area contributed by atoms with Crippen molar-refractivity contribution in [1.82, 2.24) is 19.5 Å². The van der Waals surface area contributed by atoms with Gasteiger partial charge >= 0.3 is 23.5 Å². The van der Waals surface area contributed by atoms with Gasteiger partial charge in [0.2, 0.25) is 0 Å². The molecule has 3 rings (SSSR count). The van der Waals surface area contributed by atoms with Crippen LogP contribution in [-0.2, 0) is 38.0 Å². The number of nitrogens with zero attached hydrogens (tertiary/aromatic N) is 4. The number of alkyl halides is 1. The largest absolute Gasteiger partial charge is 0.490 e. The molecule has 1 fully saturated rings. The van der Waals surface area contributed by atoms with E-state index in [-0.39, 0.29) is 6.42 Å². The summed E-state index contributed by atoms with van der Waals surface area (Å²) in [6.07, 6.45) is -0.912. The first-order valence-corrected chi connectivity index (χ1v) is 13.1. The second-order valence-corrected chi connectivity index (χ2v) is 10.7. The highest BCUT2D eigenvalue weighted by molar-refractivity contribution is 7.66. The Balaban J connectivity index is 1.65. The fourth-order valence-electron chi connectivity index (χ4n) is 2.88. The Morgan fingerprint density at radius 1 is 1.16 bits per heavy atom. The minimum Gasteiger partial charge on any atom is -0.349 e. The monoisotopic (exact) mass is 506 g/mol. The van der Waals surface area contributed by atoms with Crippen LogP contribution in [0.4, 0.5) is 4.39 Å². The van der Waals surface area contributed by atoms with Crippen LogP contribution in [0.15, 0.2) is 12.7 Å². The standard InChI is InChI=1S/C12H18FN4O11P3/c1-2-9-10-11(15-5-14-9)17(6-16-10)12-8(13)3-7(26-12)4-25-30(21,22)28-31(23,24)27-29(18,19)20/h5-8,12H,2-4H2,1H3,(H,21,22)(H,23,24)(H2,18,19,20). The van der Waals surface area contributed by atoms with E-state index in [4.69, 9.17) is 19.4 Å². The molecule has 0 aromatic carbocycles. The molecule has 0 bridgehead atoms. The van der Waals surface area contributed by atoms with Crippen molar-refractivity contribution in [2.75, 3.05) is 6.61 Å². The molecule has 0 saturated carbocycles. The maximum Gasteiger partial charge on any atom is 0.490 e. The number of rotatable bonds is 9. The molecule has 1 aliphatic rings. The lowest BCUT2D eigenvalue weighted by Gasteiger charge is -2.18. The third-order valence-electron chi connectivity index (χ3n) is 4.01. The van der Waals surface area contributed by atoms with Crippen molar-refractivity contribution in [2.24, 2.45) is 0 Å². The zero-order valence-corrected chi connectivity index (χ0v) is 18.3. The summed E-state index contributed by atoms with van der Waals surface area (Å²) in [5.41, 5.74) is 1.45. The number of fused-ring (bicyclic) bond motifs is 1. The zero-order valence-electron chi connectivity index (χ0n) is 15.7. The molecule has 0 amide bonds. The summed E-state index contributed by atoms with van der Waals surface area (Å²) in [4.78, 5) is 47.9. The first kappa shape index (κ1) is 24.5. The van der Waals surface area contributed by atoms with Gasteiger partial charge in [0.15, 0.2) is 11.9 Å². The van der Waals surface area contributed by atoms with Crippen LogP contribution in [0, 0.1) is 0 Å². The molecule has 31 heavy (non-hydrogen) atoms. The van der Waals surface area contributed by atoms with Gasteiger partial charge in [-0.1, -0.05) is 6.92 Å². The molecule has 1 aliphatic heterocycles. The lowest BCUT2D eigenvalue weighted by Crippen LogP contribution is -2.17. The van der Waals surface area contributed by atoms with Crippen LogP contribution in [0.1, 0.15) is 25.3 Å². The first-order chi connectivity index (χ1) is 14.3. The van der Waals surface area contributed by atoms with E-state index in [0.717, 1.165) is 0 Å². The van der Waals surface area contributed by atoms with Gasteiger partial charge < -0.3 is 24.3 Å². The van der Waals surface area contributed by atoms with E-state index in [2.05, 4.69) is 28.1 Å². The van der Waals surface area contributed by atoms with Crippen LogP contribution in [0.3, 0.4) is 0 Å². The predicted octanol–water partition coefficient (Wildman–Crippen LogP) is 1.36. The number of ether oxygens (including phenoxy) is 1. The Hall–Kier alpha value is -1.15. The summed E-state index contributed by atoms with van der Waals surface area (Å²) in [7, 11) is -16.5. The topological polar surface area (TPSA) is 213 Å². The van der Waals surface area contributed by atoms with E-state index < -0.39 is 48.6 Å². The van der Waals surface area contributed by atoms with Crippen molar-refractivity contribution in [2.45, 2.75) is 38.3 Å². The molecular formula is C12H18FN4O11P3. The molecule has 2 aromatic rings. The van der Waals surface area contributed by atoms with E-state index >= 15 is 0 Å². The van der Waals surface area contributed by atoms with Gasteiger partial charge in [-0.15, -0.1) is 0 Å². The number of hydrogen-bond acceptors (Lipinski definition) is 10. The zero-order chi connectivity index (χ0) is 23.0. The van der Waals surface area contributed by atoms with Crippen molar-refractivity contribution in [3.05, 3.63) is 18.3 Å². The molecule has 0 radical (unpaired) electrons. The molecule has 5 unspecified atom stereocenters. The SMILES string of the molecule is CCc1ncnc2c1ncn2C1OC(COP(=O)(O)OP(=O)(O)OP(=O)(O)O)CC1F. The first-order valence-electron chi connectivity index (χ1n) is 8.54. The lowest BCUT2D eigenvalue weighted by molar-refractivity contribution is -0.0346. The van der Waals surface area contributed by atoms with E-state index in [1.54, 1.807) is 0 Å². The molecule has 15 nitrogen and oxygen atoms in total. The van der Waals surface area contributed by atoms with Gasteiger partial charge in [-0.25, -0.2) is 33.0 Å². The van der Waals surface area contributed by atoms with Crippen LogP contribution in [0.25, 0.3) is 11.2 Å². The minimum atomic E-state index is -5.64. The second-order valence-electron chi connectivity index (χ2n) is 6.29. The summed E-state index contributed by atoms with van der Waals surface area (Å²) in [6.45, 7) is 1.12. The maximum absolute atomic E-state index is 14.6. The van der Waals surface area contributed by atoms with E-state index in [1.807, 2.05) is 6.92 Å². The highest BCUT2D eigenvalue weighted by atomic mass is 31.3. The molecular weight excluding hydrogens is 488 g/mol. The second kappa shape index (κ2) is 9.00. The summed E-state index contributed by atoms with van der Waals surface area (Å²) < 4.78 is 66.8. The van der Waals surface area contributed by atoms with Crippen molar-refractivity contribution in [1.29, 1.82) is 0 Å². The average molecular weight is 506 g/mol. The molecule has 19 heteroatoms. The van der Waals surface area contributed by atoms with E-state index in [0.29, 0.717) is 23.3 Å². The van der Waals surface area contributed by atoms with Crippen LogP contribution < -0.4 is 0 Å². The molecule has 1 saturated heterocycles. The van der Waals surface area contributed by atoms with E-state index in [1.165, 1.54) is 17.2 Å². The summed E-state index contributed by atoms with van der Waals surface area (Å²) in [6, 6.07) is 0. The van der Waals surface area contributed by atoms with Crippen LogP contribution in [-0.4, -0.2) is 58.0 Å². The van der Waals surface area contributed by atoms with Crippen molar-refractivity contribution in [3.8, 4) is 0 Å². The predicted molar refractivity (Wildman–Crippen MR) is 97.9 cm³/mol. The number of hydrogen-bond donors (Lipinski definition) is 4. The molecule has 174 valence electrons. The molecule has 0 aliphatic carbocycles. The number of aryl methyl sites for hydroxylation is 1. The molecule has 5 atom stereocenters. The van der Waals surface area contributed by atoms with Gasteiger partial charge in [0.1, 0.15) is 18.0 Å². The third-order valence-corrected chi connectivity index (χ3v) is 7.82. The van der Waals surface area contributed by atoms with Gasteiger partial charge in [0.05, 0.1) is 24.7 Å². The quantitative estimate of drug-likeness (QED) is 0.354. The van der Waals surface area contributed by atoms with Crippen molar-refractivity contribution >= 4 is 34.6 Å². The Morgan fingerprint density at radius 2 is 1.87 bits per heavy atom. The average Bonchev–Trinajstić information content (AvgIpc) is 3.19. The fourth-order valence-corrected chi connectivity index (χ4v) is 5.93. The smallest absolute Gasteiger partial charge is 0.349 e. The molecule has 4 N–H and O–H groups in total. The van der Waals surface area contributed by atoms with Crippen molar-refractivity contribution < 1.29 is 55.5 Å². The Bertz CT molecular complexity index is 1090. The van der Waals surface area contributed by atoms with Crippen LogP contribution in [0.2, 0.25) is 0 Å². The Morgan fingerprint density at radius 3 is 2.52 bits per heavy atom. The Labute approximate surface area is 173 Å². The van der Waals surface area contributed by atoms with Crippen LogP contribution in [0.5, 0.6) is 0 Å². The molecule has 3 heterocycles. The van der Waals surface area contributed by atoms with Crippen molar-refractivity contribution in [3.63, 3.8) is 0 Å². The van der Waals surface area contributed by atoms with Gasteiger partial charge in [0, 0.05) is 6.42 Å². The van der Waals surface area contributed by atoms with Gasteiger partial charge in [0.25, 0.3) is 0 Å². The summed E-state index contributed by atoms with van der Waals surface area (Å²) in [5, 5.41) is 0. The lowest BCUT2D eigenvalue weighted by atomic mass is 10.2. The third kappa shape index (κ3) is 6.21. The van der Waals surface area contributed by atoms with E-state index in [9.17, 15) is 23.0 Å². The number of halogens is 1. The van der Waals surface area contributed by atoms with Crippen LogP contribution >= 0.6 is 23.5 Å². The van der Waals surface area contributed by atoms with Gasteiger partial charge in [-0.05, 0) is 6.42 Å². The van der Waals surface area contributed by atoms with Gasteiger partial charge in [-0.3, -0.25) is 9.09 Å². The Kier molecular flexibility index (Phi) is 7.11. The molecule has 2 aromatic heterocycles. The maximum atomic E-state index is 14.6. The summed E-state index contributed by atoms with van der Waals surface area (Å²) >= 11 is 0. The highest BCUT2D eigenvalue weighted by Crippen LogP contribution is 2.66. The molecule has 0 spiro atoms.